The summed E-state index contributed by atoms with van der Waals surface area (Å²) in [6.07, 6.45) is 3.28. The molecule has 1 aromatic heterocycles. The summed E-state index contributed by atoms with van der Waals surface area (Å²) < 4.78 is 0. The fourth-order valence-electron chi connectivity index (χ4n) is 1.59. The Morgan fingerprint density at radius 3 is 2.24 bits per heavy atom. The van der Waals surface area contributed by atoms with Crippen molar-refractivity contribution in [2.75, 3.05) is 11.5 Å². The second kappa shape index (κ2) is 7.84. The van der Waals surface area contributed by atoms with Crippen molar-refractivity contribution in [1.29, 1.82) is 0 Å². The highest BCUT2D eigenvalue weighted by Crippen LogP contribution is 2.13. The summed E-state index contributed by atoms with van der Waals surface area (Å²) in [6, 6.07) is 4.75. The molecule has 0 saturated heterocycles. The van der Waals surface area contributed by atoms with Gasteiger partial charge in [0.15, 0.2) is 0 Å². The minimum Gasteiger partial charge on any atom is -0.399 e. The maximum absolute atomic E-state index is 11.9. The first-order valence-electron chi connectivity index (χ1n) is 6.76. The van der Waals surface area contributed by atoms with Crippen molar-refractivity contribution in [2.24, 2.45) is 0 Å². The number of benzene rings is 1. The van der Waals surface area contributed by atoms with E-state index in [0.717, 1.165) is 5.69 Å². The predicted molar refractivity (Wildman–Crippen MR) is 84.6 cm³/mol. The Labute approximate surface area is 124 Å². The number of aromatic nitrogens is 2. The summed E-state index contributed by atoms with van der Waals surface area (Å²) in [7, 11) is 0. The molecule has 0 radical (unpaired) electrons. The third kappa shape index (κ3) is 5.10. The lowest BCUT2D eigenvalue weighted by atomic mass is 10.1. The van der Waals surface area contributed by atoms with Crippen LogP contribution in [-0.4, -0.2) is 15.9 Å². The quantitative estimate of drug-likeness (QED) is 0.747. The molecule has 112 valence electrons. The summed E-state index contributed by atoms with van der Waals surface area (Å²) in [4.78, 5) is 20.2. The van der Waals surface area contributed by atoms with E-state index in [-0.39, 0.29) is 5.91 Å². The molecule has 2 rings (SSSR count). The number of hydrogen-bond donors (Lipinski definition) is 3. The highest BCUT2D eigenvalue weighted by molar-refractivity contribution is 5.96. The number of carbonyl (C=O) groups is 1. The van der Waals surface area contributed by atoms with E-state index in [0.29, 0.717) is 29.2 Å². The number of nitrogens with zero attached hydrogens (tertiary/aromatic N) is 2. The molecule has 1 aromatic carbocycles. The van der Waals surface area contributed by atoms with E-state index in [1.54, 1.807) is 30.6 Å². The van der Waals surface area contributed by atoms with E-state index in [2.05, 4.69) is 15.3 Å². The molecule has 0 aliphatic rings. The lowest BCUT2D eigenvalue weighted by Gasteiger charge is -2.06. The third-order valence-corrected chi connectivity index (χ3v) is 2.50. The number of amides is 1. The van der Waals surface area contributed by atoms with Crippen LogP contribution in [0.1, 0.15) is 35.6 Å². The van der Waals surface area contributed by atoms with Crippen LogP contribution >= 0.6 is 0 Å². The molecule has 0 aliphatic carbocycles. The topological polar surface area (TPSA) is 107 Å². The van der Waals surface area contributed by atoms with Crippen molar-refractivity contribution in [3.63, 3.8) is 0 Å². The molecule has 2 aromatic rings. The van der Waals surface area contributed by atoms with Gasteiger partial charge in [-0.2, -0.15) is 0 Å². The Kier molecular flexibility index (Phi) is 6.13. The Morgan fingerprint density at radius 2 is 1.71 bits per heavy atom. The van der Waals surface area contributed by atoms with Crippen molar-refractivity contribution in [2.45, 2.75) is 27.3 Å². The number of aryl methyl sites for hydroxylation is 1. The van der Waals surface area contributed by atoms with Crippen molar-refractivity contribution >= 4 is 17.3 Å². The molecule has 0 fully saturated rings. The van der Waals surface area contributed by atoms with Crippen LogP contribution in [-0.2, 0) is 6.54 Å². The molecule has 6 heteroatoms. The van der Waals surface area contributed by atoms with E-state index in [1.807, 2.05) is 20.8 Å². The number of rotatable bonds is 3. The molecule has 1 amide bonds. The number of anilines is 2. The highest BCUT2D eigenvalue weighted by Gasteiger charge is 2.07. The summed E-state index contributed by atoms with van der Waals surface area (Å²) in [5, 5.41) is 2.74. The molecule has 0 aliphatic heterocycles. The lowest BCUT2D eigenvalue weighted by Crippen LogP contribution is -2.23. The van der Waals surface area contributed by atoms with Gasteiger partial charge < -0.3 is 16.8 Å². The summed E-state index contributed by atoms with van der Waals surface area (Å²) in [5.74, 6) is -0.249. The standard InChI is InChI=1S/C13H15N5O.C2H6/c1-8-5-17-12(6-16-8)7-18-13(19)9-2-10(14)4-11(15)3-9;1-2/h2-6H,7,14-15H2,1H3,(H,18,19);1-2H3. The highest BCUT2D eigenvalue weighted by atomic mass is 16.1. The number of nitrogens with one attached hydrogen (secondary N) is 1. The van der Waals surface area contributed by atoms with Crippen LogP contribution < -0.4 is 16.8 Å². The predicted octanol–water partition coefficient (Wildman–Crippen LogP) is 1.91. The monoisotopic (exact) mass is 287 g/mol. The Hall–Kier alpha value is -2.63. The number of hydrogen-bond acceptors (Lipinski definition) is 5. The van der Waals surface area contributed by atoms with Gasteiger partial charge in [-0.05, 0) is 25.1 Å². The maximum atomic E-state index is 11.9. The fraction of sp³-hybridized carbons (Fsp3) is 0.267. The van der Waals surface area contributed by atoms with Crippen molar-refractivity contribution in [3.05, 3.63) is 47.5 Å². The van der Waals surface area contributed by atoms with Crippen LogP contribution in [0, 0.1) is 6.92 Å². The largest absolute Gasteiger partial charge is 0.399 e. The van der Waals surface area contributed by atoms with Crippen LogP contribution in [0.25, 0.3) is 0 Å². The van der Waals surface area contributed by atoms with Crippen molar-refractivity contribution < 1.29 is 4.79 Å². The minimum atomic E-state index is -0.249. The van der Waals surface area contributed by atoms with Gasteiger partial charge in [-0.3, -0.25) is 14.8 Å². The van der Waals surface area contributed by atoms with E-state index >= 15 is 0 Å². The molecule has 0 atom stereocenters. The summed E-state index contributed by atoms with van der Waals surface area (Å²) in [5.41, 5.74) is 14.1. The smallest absolute Gasteiger partial charge is 0.251 e. The van der Waals surface area contributed by atoms with Gasteiger partial charge >= 0.3 is 0 Å². The first-order valence-corrected chi connectivity index (χ1v) is 6.76. The lowest BCUT2D eigenvalue weighted by molar-refractivity contribution is 0.0950. The normalized spacial score (nSPS) is 9.48. The van der Waals surface area contributed by atoms with Crippen LogP contribution in [0.5, 0.6) is 0 Å². The fourth-order valence-corrected chi connectivity index (χ4v) is 1.59. The molecule has 0 bridgehead atoms. The molecule has 21 heavy (non-hydrogen) atoms. The Morgan fingerprint density at radius 1 is 1.10 bits per heavy atom. The van der Waals surface area contributed by atoms with E-state index in [1.165, 1.54) is 0 Å². The second-order valence-corrected chi connectivity index (χ2v) is 4.22. The Balaban J connectivity index is 0.00000106. The van der Waals surface area contributed by atoms with Crippen molar-refractivity contribution in [1.82, 2.24) is 15.3 Å². The van der Waals surface area contributed by atoms with Crippen LogP contribution in [0.4, 0.5) is 11.4 Å². The van der Waals surface area contributed by atoms with Gasteiger partial charge in [0.2, 0.25) is 0 Å². The number of nitrogens with two attached hydrogens (primary N) is 2. The third-order valence-electron chi connectivity index (χ3n) is 2.50. The van der Waals surface area contributed by atoms with E-state index in [4.69, 9.17) is 11.5 Å². The first kappa shape index (κ1) is 16.4. The second-order valence-electron chi connectivity index (χ2n) is 4.22. The molecule has 0 spiro atoms. The summed E-state index contributed by atoms with van der Waals surface area (Å²) in [6.45, 7) is 6.16. The summed E-state index contributed by atoms with van der Waals surface area (Å²) >= 11 is 0. The van der Waals surface area contributed by atoms with Crippen LogP contribution in [0.15, 0.2) is 30.6 Å². The van der Waals surface area contributed by atoms with Gasteiger partial charge in [-0.15, -0.1) is 0 Å². The Bertz CT molecular complexity index is 575. The zero-order valence-electron chi connectivity index (χ0n) is 12.6. The van der Waals surface area contributed by atoms with Gasteiger partial charge in [-0.1, -0.05) is 13.8 Å². The molecule has 5 N–H and O–H groups in total. The van der Waals surface area contributed by atoms with Crippen LogP contribution in [0.3, 0.4) is 0 Å². The molecule has 0 unspecified atom stereocenters. The molecule has 6 nitrogen and oxygen atoms in total. The number of nitrogen functional groups attached to an aromatic ring is 2. The first-order chi connectivity index (χ1) is 10.0. The molecular formula is C15H21N5O. The zero-order chi connectivity index (χ0) is 15.8. The van der Waals surface area contributed by atoms with Crippen LogP contribution in [0.2, 0.25) is 0 Å². The van der Waals surface area contributed by atoms with Gasteiger partial charge in [0.25, 0.3) is 5.91 Å². The van der Waals surface area contributed by atoms with Gasteiger partial charge in [-0.25, -0.2) is 0 Å². The average molecular weight is 287 g/mol. The zero-order valence-corrected chi connectivity index (χ0v) is 12.6. The van der Waals surface area contributed by atoms with Gasteiger partial charge in [0.05, 0.1) is 24.1 Å². The maximum Gasteiger partial charge on any atom is 0.251 e. The number of carbonyl (C=O) groups excluding carboxylic acids is 1. The molecular weight excluding hydrogens is 266 g/mol. The SMILES string of the molecule is CC.Cc1cnc(CNC(=O)c2cc(N)cc(N)c2)cn1. The molecule has 1 heterocycles. The van der Waals surface area contributed by atoms with Gasteiger partial charge in [0.1, 0.15) is 0 Å². The molecule has 0 saturated carbocycles. The van der Waals surface area contributed by atoms with E-state index < -0.39 is 0 Å². The minimum absolute atomic E-state index is 0.249. The van der Waals surface area contributed by atoms with E-state index in [9.17, 15) is 4.79 Å². The van der Waals surface area contributed by atoms with Crippen molar-refractivity contribution in [3.8, 4) is 0 Å². The average Bonchev–Trinajstić information content (AvgIpc) is 2.47. The van der Waals surface area contributed by atoms with Gasteiger partial charge in [0, 0.05) is 23.1 Å².